The summed E-state index contributed by atoms with van der Waals surface area (Å²) in [5.41, 5.74) is 0. The Morgan fingerprint density at radius 2 is 0.760 bits per heavy atom. The summed E-state index contributed by atoms with van der Waals surface area (Å²) in [5, 5.41) is 9.71. The second-order valence-electron chi connectivity index (χ2n) is 20.6. The highest BCUT2D eigenvalue weighted by molar-refractivity contribution is 5.71. The van der Waals surface area contributed by atoms with Gasteiger partial charge in [-0.15, -0.1) is 0 Å². The minimum Gasteiger partial charge on any atom is -0.477 e. The Morgan fingerprint density at radius 1 is 0.413 bits per heavy atom. The number of esters is 2. The van der Waals surface area contributed by atoms with E-state index >= 15 is 0 Å². The largest absolute Gasteiger partial charge is 0.477 e. The Hall–Kier alpha value is -4.31. The summed E-state index contributed by atoms with van der Waals surface area (Å²) in [7, 11) is 5.95. The Morgan fingerprint density at radius 3 is 1.13 bits per heavy atom. The predicted molar refractivity (Wildman–Crippen MR) is 318 cm³/mol. The number of allylic oxidation sites excluding steroid dienone is 20. The minimum atomic E-state index is -1.53. The van der Waals surface area contributed by atoms with Crippen molar-refractivity contribution in [2.75, 3.05) is 47.5 Å². The fourth-order valence-electron chi connectivity index (χ4n) is 7.65. The molecule has 0 saturated heterocycles. The molecule has 0 aromatic rings. The first-order chi connectivity index (χ1) is 36.6. The van der Waals surface area contributed by atoms with E-state index in [0.29, 0.717) is 17.4 Å². The van der Waals surface area contributed by atoms with E-state index in [1.807, 2.05) is 21.1 Å². The van der Waals surface area contributed by atoms with Crippen molar-refractivity contribution in [3.05, 3.63) is 122 Å². The topological polar surface area (TPSA) is 108 Å². The van der Waals surface area contributed by atoms with Crippen LogP contribution in [-0.4, -0.2) is 87.4 Å². The zero-order valence-corrected chi connectivity index (χ0v) is 48.4. The maximum atomic E-state index is 12.9. The average molecular weight is 1050 g/mol. The molecule has 0 heterocycles. The van der Waals surface area contributed by atoms with Gasteiger partial charge in [-0.1, -0.05) is 219 Å². The normalized spacial score (nSPS) is 13.7. The molecule has 0 aromatic carbocycles. The van der Waals surface area contributed by atoms with E-state index in [1.165, 1.54) is 77.0 Å². The smallest absolute Gasteiger partial charge is 0.361 e. The maximum Gasteiger partial charge on any atom is 0.361 e. The summed E-state index contributed by atoms with van der Waals surface area (Å²) < 4.78 is 22.9. The molecule has 0 fully saturated rings. The van der Waals surface area contributed by atoms with E-state index in [9.17, 15) is 19.5 Å². The molecule has 1 N–H and O–H groups in total. The van der Waals surface area contributed by atoms with Gasteiger partial charge < -0.3 is 28.5 Å². The van der Waals surface area contributed by atoms with Crippen molar-refractivity contribution in [3.63, 3.8) is 0 Å². The van der Waals surface area contributed by atoms with E-state index in [2.05, 4.69) is 135 Å². The van der Waals surface area contributed by atoms with Gasteiger partial charge >= 0.3 is 17.9 Å². The highest BCUT2D eigenvalue weighted by Gasteiger charge is 2.25. The van der Waals surface area contributed by atoms with Crippen LogP contribution in [0.4, 0.5) is 0 Å². The predicted octanol–water partition coefficient (Wildman–Crippen LogP) is 17.7. The lowest BCUT2D eigenvalue weighted by Crippen LogP contribution is -2.40. The summed E-state index contributed by atoms with van der Waals surface area (Å²) in [6, 6.07) is 0. The van der Waals surface area contributed by atoms with E-state index in [-0.39, 0.29) is 38.6 Å². The monoisotopic (exact) mass is 1040 g/mol. The van der Waals surface area contributed by atoms with Crippen LogP contribution in [0.25, 0.3) is 0 Å². The van der Waals surface area contributed by atoms with Crippen LogP contribution in [-0.2, 0) is 33.3 Å². The molecule has 0 saturated carbocycles. The number of hydrogen-bond acceptors (Lipinski definition) is 7. The molecule has 0 aromatic heterocycles. The molecule has 9 heteroatoms. The van der Waals surface area contributed by atoms with Gasteiger partial charge in [0.2, 0.25) is 0 Å². The van der Waals surface area contributed by atoms with Crippen molar-refractivity contribution < 1.29 is 42.9 Å². The first-order valence-electron chi connectivity index (χ1n) is 29.7. The second kappa shape index (κ2) is 55.9. The number of nitrogens with zero attached hydrogens (tertiary/aromatic N) is 1. The number of carbonyl (C=O) groups is 3. The number of hydrogen-bond donors (Lipinski definition) is 1. The molecule has 2 atom stereocenters. The number of rotatable bonds is 53. The maximum absolute atomic E-state index is 12.9. The summed E-state index contributed by atoms with van der Waals surface area (Å²) in [6.07, 6.45) is 75.6. The number of carboxylic acids is 1. The third-order valence-electron chi connectivity index (χ3n) is 12.2. The number of aliphatic carboxylic acids is 1. The van der Waals surface area contributed by atoms with E-state index in [1.54, 1.807) is 0 Å². The van der Waals surface area contributed by atoms with E-state index < -0.39 is 24.3 Å². The zero-order chi connectivity index (χ0) is 54.8. The van der Waals surface area contributed by atoms with E-state index in [0.717, 1.165) is 109 Å². The Kier molecular flexibility index (Phi) is 52.7. The minimum absolute atomic E-state index is 0.175. The lowest BCUT2D eigenvalue weighted by molar-refractivity contribution is -0.870. The standard InChI is InChI=1S/C66H109NO8/c1-6-8-10-12-14-16-18-20-22-24-26-28-29-30-31-32-33-34-35-37-39-41-43-45-47-49-51-53-55-57-64(69)75-62(61-74-66(65(70)71)72-59-58-67(3,4)5)60-73-63(68)56-54-52-50-48-46-44-42-40-38-36-27-25-23-21-19-17-15-13-11-9-7-2/h8,10,14,16,19-22,25-28,30-31,33-34,37,39,43,45,62,66H,6-7,9,11-13,15,17-18,23-24,29,32,35-36,38,40-42,44,46-61H2,1-5H3/p+1/b10-8-,16-14-,21-19-,22-20-,27-25-,28-26-,31-30-,34-33-,39-37-,45-43-. The molecule has 75 heavy (non-hydrogen) atoms. The number of carbonyl (C=O) groups excluding carboxylic acids is 2. The molecular formula is C66H110NO8+. The third kappa shape index (κ3) is 57.2. The van der Waals surface area contributed by atoms with Gasteiger partial charge in [-0.3, -0.25) is 9.59 Å². The molecule has 0 rings (SSSR count). The summed E-state index contributed by atoms with van der Waals surface area (Å²) in [5.74, 6) is -2.06. The van der Waals surface area contributed by atoms with Crippen LogP contribution in [0, 0.1) is 0 Å². The van der Waals surface area contributed by atoms with Crippen LogP contribution >= 0.6 is 0 Å². The quantitative estimate of drug-likeness (QED) is 0.0211. The van der Waals surface area contributed by atoms with Crippen LogP contribution in [0.3, 0.4) is 0 Å². The van der Waals surface area contributed by atoms with Gasteiger partial charge in [-0.2, -0.15) is 0 Å². The lowest BCUT2D eigenvalue weighted by Gasteiger charge is -2.25. The van der Waals surface area contributed by atoms with Crippen molar-refractivity contribution >= 4 is 17.9 Å². The molecule has 0 spiro atoms. The van der Waals surface area contributed by atoms with E-state index in [4.69, 9.17) is 18.9 Å². The first-order valence-corrected chi connectivity index (χ1v) is 29.7. The third-order valence-corrected chi connectivity index (χ3v) is 12.2. The molecule has 0 aliphatic rings. The Balaban J connectivity index is 4.35. The fourth-order valence-corrected chi connectivity index (χ4v) is 7.65. The summed E-state index contributed by atoms with van der Waals surface area (Å²) in [6.45, 7) is 4.71. The first kappa shape index (κ1) is 70.7. The molecule has 0 bridgehead atoms. The molecule has 9 nitrogen and oxygen atoms in total. The van der Waals surface area contributed by atoms with Gasteiger partial charge in [0, 0.05) is 12.8 Å². The highest BCUT2D eigenvalue weighted by atomic mass is 16.7. The van der Waals surface area contributed by atoms with Crippen molar-refractivity contribution in [1.82, 2.24) is 0 Å². The lowest BCUT2D eigenvalue weighted by atomic mass is 10.1. The van der Waals surface area contributed by atoms with Gasteiger partial charge in [0.25, 0.3) is 6.29 Å². The zero-order valence-electron chi connectivity index (χ0n) is 48.4. The Labute approximate surface area is 459 Å². The van der Waals surface area contributed by atoms with Gasteiger partial charge in [-0.05, 0) is 109 Å². The number of unbranched alkanes of at least 4 members (excludes halogenated alkanes) is 18. The molecule has 426 valence electrons. The average Bonchev–Trinajstić information content (AvgIpc) is 3.38. The molecule has 0 aliphatic carbocycles. The molecule has 0 radical (unpaired) electrons. The highest BCUT2D eigenvalue weighted by Crippen LogP contribution is 2.14. The number of carboxylic acid groups (broad SMARTS) is 1. The van der Waals surface area contributed by atoms with Crippen LogP contribution in [0.2, 0.25) is 0 Å². The summed E-state index contributed by atoms with van der Waals surface area (Å²) >= 11 is 0. The molecular weight excluding hydrogens is 935 g/mol. The second-order valence-corrected chi connectivity index (χ2v) is 20.6. The van der Waals surface area contributed by atoms with Gasteiger partial charge in [0.05, 0.1) is 34.4 Å². The van der Waals surface area contributed by atoms with Crippen molar-refractivity contribution in [2.24, 2.45) is 0 Å². The van der Waals surface area contributed by atoms with Crippen LogP contribution in [0.5, 0.6) is 0 Å². The number of quaternary nitrogens is 1. The summed E-state index contributed by atoms with van der Waals surface area (Å²) in [4.78, 5) is 37.5. The van der Waals surface area contributed by atoms with Crippen molar-refractivity contribution in [1.29, 1.82) is 0 Å². The molecule has 0 aliphatic heterocycles. The van der Waals surface area contributed by atoms with Crippen molar-refractivity contribution in [3.8, 4) is 0 Å². The van der Waals surface area contributed by atoms with Crippen LogP contribution in [0.15, 0.2) is 122 Å². The Bertz CT molecular complexity index is 1640. The van der Waals surface area contributed by atoms with Crippen LogP contribution < -0.4 is 0 Å². The van der Waals surface area contributed by atoms with Crippen molar-refractivity contribution in [2.45, 2.75) is 232 Å². The molecule has 2 unspecified atom stereocenters. The molecule has 0 amide bonds. The number of likely N-dealkylation sites (N-methyl/N-ethyl adjacent to an activating group) is 1. The number of ether oxygens (including phenoxy) is 4. The van der Waals surface area contributed by atoms with Gasteiger partial charge in [-0.25, -0.2) is 4.79 Å². The van der Waals surface area contributed by atoms with Gasteiger partial charge in [0.1, 0.15) is 13.2 Å². The van der Waals surface area contributed by atoms with Gasteiger partial charge in [0.15, 0.2) is 6.10 Å². The fraction of sp³-hybridized carbons (Fsp3) is 0.652. The van der Waals surface area contributed by atoms with Crippen LogP contribution in [0.1, 0.15) is 219 Å². The SMILES string of the molecule is CC/C=C\C/C=C\C/C=C\C/C=C\C/C=C\C/C=C\C/C=C\C/C=C\CCCCCCC(=O)OC(COC(=O)CCCCCCCCCCC/C=C\C/C=C\CCCCCCC)COC(OCC[N+](C)(C)C)C(=O)O.